The van der Waals surface area contributed by atoms with Crippen molar-refractivity contribution in [3.63, 3.8) is 0 Å². The number of aromatic nitrogens is 3. The van der Waals surface area contributed by atoms with E-state index in [0.29, 0.717) is 12.2 Å². The number of aliphatic carboxylic acids is 1. The van der Waals surface area contributed by atoms with E-state index in [0.717, 1.165) is 0 Å². The number of amides is 1. The Morgan fingerprint density at radius 2 is 2.27 bits per heavy atom. The zero-order valence-corrected chi connectivity index (χ0v) is 8.44. The number of hydrogen-bond donors (Lipinski definition) is 3. The van der Waals surface area contributed by atoms with Crippen molar-refractivity contribution >= 4 is 11.9 Å². The van der Waals surface area contributed by atoms with Gasteiger partial charge in [0.05, 0.1) is 0 Å². The first-order chi connectivity index (χ1) is 7.04. The van der Waals surface area contributed by atoms with Crippen molar-refractivity contribution < 1.29 is 14.7 Å². The Balaban J connectivity index is 2.66. The Labute approximate surface area is 85.9 Å². The maximum atomic E-state index is 11.4. The molecule has 0 bridgehead atoms. The summed E-state index contributed by atoms with van der Waals surface area (Å²) in [6.45, 7) is 3.32. The van der Waals surface area contributed by atoms with Gasteiger partial charge in [0.15, 0.2) is 0 Å². The van der Waals surface area contributed by atoms with Gasteiger partial charge < -0.3 is 10.4 Å². The lowest BCUT2D eigenvalue weighted by Gasteiger charge is -2.09. The Hall–Kier alpha value is -1.92. The van der Waals surface area contributed by atoms with Crippen molar-refractivity contribution in [1.82, 2.24) is 20.5 Å². The number of rotatable bonds is 4. The molecule has 0 aliphatic rings. The highest BCUT2D eigenvalue weighted by Crippen LogP contribution is 1.95. The molecule has 15 heavy (non-hydrogen) atoms. The summed E-state index contributed by atoms with van der Waals surface area (Å²) in [5.41, 5.74) is 0. The van der Waals surface area contributed by atoms with Gasteiger partial charge in [0.1, 0.15) is 11.9 Å². The lowest BCUT2D eigenvalue weighted by molar-refractivity contribution is -0.139. The molecule has 7 nitrogen and oxygen atoms in total. The third-order valence-corrected chi connectivity index (χ3v) is 1.81. The first-order valence-corrected chi connectivity index (χ1v) is 4.47. The van der Waals surface area contributed by atoms with Gasteiger partial charge in [-0.25, -0.2) is 9.78 Å². The van der Waals surface area contributed by atoms with Gasteiger partial charge in [0.2, 0.25) is 5.82 Å². The summed E-state index contributed by atoms with van der Waals surface area (Å²) in [5, 5.41) is 17.1. The van der Waals surface area contributed by atoms with Gasteiger partial charge >= 0.3 is 5.97 Å². The van der Waals surface area contributed by atoms with E-state index in [1.54, 1.807) is 13.8 Å². The number of hydrogen-bond acceptors (Lipinski definition) is 4. The van der Waals surface area contributed by atoms with E-state index in [1.165, 1.54) is 0 Å². The molecule has 1 amide bonds. The SMILES string of the molecule is CC[C@H](NC(=O)c1n[nH]c(C)n1)C(=O)O. The molecule has 7 heteroatoms. The molecule has 1 rings (SSSR count). The first-order valence-electron chi connectivity index (χ1n) is 4.47. The largest absolute Gasteiger partial charge is 0.480 e. The van der Waals surface area contributed by atoms with E-state index < -0.39 is 17.9 Å². The highest BCUT2D eigenvalue weighted by molar-refractivity contribution is 5.93. The number of carbonyl (C=O) groups is 2. The minimum atomic E-state index is -1.07. The third-order valence-electron chi connectivity index (χ3n) is 1.81. The molecule has 3 N–H and O–H groups in total. The number of carboxylic acids is 1. The fraction of sp³-hybridized carbons (Fsp3) is 0.500. The summed E-state index contributed by atoms with van der Waals surface area (Å²) in [7, 11) is 0. The average molecular weight is 212 g/mol. The summed E-state index contributed by atoms with van der Waals surface area (Å²) in [6.07, 6.45) is 0.310. The fourth-order valence-electron chi connectivity index (χ4n) is 1.01. The quantitative estimate of drug-likeness (QED) is 0.635. The van der Waals surface area contributed by atoms with Crippen LogP contribution in [0.3, 0.4) is 0 Å². The van der Waals surface area contributed by atoms with Crippen molar-refractivity contribution in [2.75, 3.05) is 0 Å². The predicted molar refractivity (Wildman–Crippen MR) is 50.3 cm³/mol. The van der Waals surface area contributed by atoms with Gasteiger partial charge in [-0.15, -0.1) is 5.10 Å². The highest BCUT2D eigenvalue weighted by Gasteiger charge is 2.20. The van der Waals surface area contributed by atoms with E-state index in [9.17, 15) is 9.59 Å². The molecule has 0 saturated heterocycles. The van der Waals surface area contributed by atoms with Crippen LogP contribution in [0.15, 0.2) is 0 Å². The number of carbonyl (C=O) groups excluding carboxylic acids is 1. The summed E-state index contributed by atoms with van der Waals surface area (Å²) < 4.78 is 0. The standard InChI is InChI=1S/C8H12N4O3/c1-3-5(8(14)15)10-7(13)6-9-4(2)11-12-6/h5H,3H2,1-2H3,(H,10,13)(H,14,15)(H,9,11,12)/t5-/m0/s1. The Bertz CT molecular complexity index is 374. The Morgan fingerprint density at radius 1 is 1.60 bits per heavy atom. The van der Waals surface area contributed by atoms with Crippen molar-refractivity contribution in [1.29, 1.82) is 0 Å². The van der Waals surface area contributed by atoms with Crippen LogP contribution in [0.4, 0.5) is 0 Å². The smallest absolute Gasteiger partial charge is 0.326 e. The van der Waals surface area contributed by atoms with E-state index in [1.807, 2.05) is 0 Å². The molecule has 0 radical (unpaired) electrons. The molecular weight excluding hydrogens is 200 g/mol. The van der Waals surface area contributed by atoms with Crippen molar-refractivity contribution in [2.45, 2.75) is 26.3 Å². The molecule has 0 aliphatic carbocycles. The monoisotopic (exact) mass is 212 g/mol. The van der Waals surface area contributed by atoms with Crippen LogP contribution in [0.25, 0.3) is 0 Å². The van der Waals surface area contributed by atoms with Crippen LogP contribution < -0.4 is 5.32 Å². The molecule has 1 aromatic rings. The van der Waals surface area contributed by atoms with E-state index in [4.69, 9.17) is 5.11 Å². The number of aromatic amines is 1. The Kier molecular flexibility index (Phi) is 3.37. The van der Waals surface area contributed by atoms with Gasteiger partial charge in [-0.3, -0.25) is 9.89 Å². The minimum Gasteiger partial charge on any atom is -0.480 e. The fourth-order valence-corrected chi connectivity index (χ4v) is 1.01. The summed E-state index contributed by atoms with van der Waals surface area (Å²) in [4.78, 5) is 25.8. The second-order valence-electron chi connectivity index (χ2n) is 3.02. The topological polar surface area (TPSA) is 108 Å². The molecule has 0 spiro atoms. The van der Waals surface area contributed by atoms with Crippen LogP contribution in [0.1, 0.15) is 29.8 Å². The Morgan fingerprint density at radius 3 is 2.67 bits per heavy atom. The predicted octanol–water partition coefficient (Wildman–Crippen LogP) is -0.294. The number of nitrogens with zero attached hydrogens (tertiary/aromatic N) is 2. The van der Waals surface area contributed by atoms with E-state index in [2.05, 4.69) is 20.5 Å². The van der Waals surface area contributed by atoms with E-state index in [-0.39, 0.29) is 5.82 Å². The van der Waals surface area contributed by atoms with Crippen LogP contribution in [-0.4, -0.2) is 38.2 Å². The second-order valence-corrected chi connectivity index (χ2v) is 3.02. The number of aryl methyl sites for hydroxylation is 1. The number of carboxylic acid groups (broad SMARTS) is 1. The third kappa shape index (κ3) is 2.76. The zero-order chi connectivity index (χ0) is 11.4. The van der Waals surface area contributed by atoms with Gasteiger partial charge in [-0.2, -0.15) is 0 Å². The molecule has 1 aromatic heterocycles. The van der Waals surface area contributed by atoms with Crippen LogP contribution in [0.2, 0.25) is 0 Å². The zero-order valence-electron chi connectivity index (χ0n) is 8.44. The molecular formula is C8H12N4O3. The molecule has 0 aromatic carbocycles. The molecule has 1 heterocycles. The molecule has 0 saturated carbocycles. The molecule has 0 aliphatic heterocycles. The average Bonchev–Trinajstić information content (AvgIpc) is 2.60. The molecule has 1 atom stereocenters. The maximum Gasteiger partial charge on any atom is 0.326 e. The van der Waals surface area contributed by atoms with Crippen molar-refractivity contribution in [3.05, 3.63) is 11.6 Å². The first kappa shape index (κ1) is 11.2. The van der Waals surface area contributed by atoms with Crippen LogP contribution in [0.5, 0.6) is 0 Å². The summed E-state index contributed by atoms with van der Waals surface area (Å²) in [6, 6.07) is -0.906. The van der Waals surface area contributed by atoms with Crippen LogP contribution >= 0.6 is 0 Å². The molecule has 82 valence electrons. The normalized spacial score (nSPS) is 12.1. The lowest BCUT2D eigenvalue weighted by atomic mass is 10.2. The second kappa shape index (κ2) is 4.54. The van der Waals surface area contributed by atoms with E-state index >= 15 is 0 Å². The molecule has 0 unspecified atom stereocenters. The van der Waals surface area contributed by atoms with Crippen molar-refractivity contribution in [3.8, 4) is 0 Å². The van der Waals surface area contributed by atoms with Crippen LogP contribution in [0, 0.1) is 6.92 Å². The minimum absolute atomic E-state index is 0.0489. The summed E-state index contributed by atoms with van der Waals surface area (Å²) in [5.74, 6) is -1.21. The van der Waals surface area contributed by atoms with Gasteiger partial charge in [0, 0.05) is 0 Å². The van der Waals surface area contributed by atoms with Crippen molar-refractivity contribution in [2.24, 2.45) is 0 Å². The lowest BCUT2D eigenvalue weighted by Crippen LogP contribution is -2.40. The number of H-pyrrole nitrogens is 1. The van der Waals surface area contributed by atoms with Gasteiger partial charge in [0.25, 0.3) is 5.91 Å². The summed E-state index contributed by atoms with van der Waals surface area (Å²) >= 11 is 0. The molecule has 0 fully saturated rings. The highest BCUT2D eigenvalue weighted by atomic mass is 16.4. The van der Waals surface area contributed by atoms with Gasteiger partial charge in [-0.05, 0) is 13.3 Å². The maximum absolute atomic E-state index is 11.4. The van der Waals surface area contributed by atoms with Gasteiger partial charge in [-0.1, -0.05) is 6.92 Å². The number of nitrogens with one attached hydrogen (secondary N) is 2. The van der Waals surface area contributed by atoms with Crippen LogP contribution in [-0.2, 0) is 4.79 Å².